The van der Waals surface area contributed by atoms with Crippen molar-refractivity contribution >= 4 is 27.3 Å². The van der Waals surface area contributed by atoms with Crippen molar-refractivity contribution in [2.75, 3.05) is 6.54 Å². The van der Waals surface area contributed by atoms with Gasteiger partial charge >= 0.3 is 0 Å². The Morgan fingerprint density at radius 2 is 2.00 bits per heavy atom. The zero-order valence-electron chi connectivity index (χ0n) is 11.2. The number of hydrogen-bond donors (Lipinski definition) is 2. The smallest absolute Gasteiger partial charge is 0.0953 e. The molecule has 4 heteroatoms. The number of nitrogens with two attached hydrogens (primary N) is 1. The molecule has 0 spiro atoms. The van der Waals surface area contributed by atoms with Gasteiger partial charge in [0.25, 0.3) is 0 Å². The molecule has 3 rings (SSSR count). The predicted molar refractivity (Wildman–Crippen MR) is 86.9 cm³/mol. The number of halogens is 1. The van der Waals surface area contributed by atoms with Gasteiger partial charge in [-0.15, -0.1) is 11.3 Å². The summed E-state index contributed by atoms with van der Waals surface area (Å²) in [6, 6.07) is 12.5. The molecule has 2 aromatic rings. The second kappa shape index (κ2) is 5.60. The van der Waals surface area contributed by atoms with Gasteiger partial charge in [0.05, 0.1) is 9.89 Å². The van der Waals surface area contributed by atoms with Gasteiger partial charge in [0.15, 0.2) is 0 Å². The molecule has 1 aliphatic rings. The summed E-state index contributed by atoms with van der Waals surface area (Å²) in [5.41, 5.74) is 8.57. The third kappa shape index (κ3) is 2.46. The second-order valence-corrected chi connectivity index (χ2v) is 8.05. The lowest BCUT2D eigenvalue weighted by Crippen LogP contribution is -2.41. The van der Waals surface area contributed by atoms with Crippen molar-refractivity contribution in [2.45, 2.75) is 25.4 Å². The lowest BCUT2D eigenvalue weighted by molar-refractivity contribution is 0.0204. The van der Waals surface area contributed by atoms with Crippen LogP contribution in [0.25, 0.3) is 0 Å². The topological polar surface area (TPSA) is 46.2 Å². The largest absolute Gasteiger partial charge is 0.387 e. The van der Waals surface area contributed by atoms with Crippen molar-refractivity contribution in [3.8, 4) is 0 Å². The van der Waals surface area contributed by atoms with Crippen LogP contribution < -0.4 is 5.73 Å². The monoisotopic (exact) mass is 351 g/mol. The Kier molecular flexibility index (Phi) is 4.00. The molecule has 1 aromatic heterocycles. The summed E-state index contributed by atoms with van der Waals surface area (Å²) >= 11 is 5.06. The quantitative estimate of drug-likeness (QED) is 0.885. The van der Waals surface area contributed by atoms with E-state index < -0.39 is 6.10 Å². The Morgan fingerprint density at radius 3 is 2.65 bits per heavy atom. The van der Waals surface area contributed by atoms with Crippen LogP contribution in [0.15, 0.2) is 40.2 Å². The van der Waals surface area contributed by atoms with Gasteiger partial charge in [-0.1, -0.05) is 24.3 Å². The van der Waals surface area contributed by atoms with E-state index in [4.69, 9.17) is 5.73 Å². The Labute approximate surface area is 131 Å². The summed E-state index contributed by atoms with van der Waals surface area (Å²) in [6.45, 7) is 0.512. The molecule has 20 heavy (non-hydrogen) atoms. The first-order valence-electron chi connectivity index (χ1n) is 6.85. The highest BCUT2D eigenvalue weighted by atomic mass is 79.9. The highest BCUT2D eigenvalue weighted by molar-refractivity contribution is 9.11. The fourth-order valence-electron chi connectivity index (χ4n) is 3.12. The Bertz CT molecular complexity index is 612. The van der Waals surface area contributed by atoms with Crippen molar-refractivity contribution < 1.29 is 5.11 Å². The van der Waals surface area contributed by atoms with Gasteiger partial charge in [-0.2, -0.15) is 0 Å². The van der Waals surface area contributed by atoms with Crippen LogP contribution in [0, 0.1) is 5.41 Å². The van der Waals surface area contributed by atoms with Crippen LogP contribution in [-0.2, 0) is 12.8 Å². The van der Waals surface area contributed by atoms with E-state index in [-0.39, 0.29) is 5.41 Å². The van der Waals surface area contributed by atoms with Crippen LogP contribution in [-0.4, -0.2) is 11.7 Å². The van der Waals surface area contributed by atoms with Gasteiger partial charge in [0, 0.05) is 16.8 Å². The Balaban J connectivity index is 1.93. The molecular formula is C16H18BrNOS. The molecule has 2 nitrogen and oxygen atoms in total. The number of aliphatic hydroxyl groups excluding tert-OH is 1. The minimum Gasteiger partial charge on any atom is -0.387 e. The molecule has 2 atom stereocenters. The van der Waals surface area contributed by atoms with Gasteiger partial charge in [-0.3, -0.25) is 0 Å². The number of benzene rings is 1. The first-order valence-corrected chi connectivity index (χ1v) is 8.46. The number of rotatable bonds is 3. The van der Waals surface area contributed by atoms with Crippen LogP contribution in [0.2, 0.25) is 0 Å². The number of aryl methyl sites for hydroxylation is 1. The van der Waals surface area contributed by atoms with E-state index >= 15 is 0 Å². The lowest BCUT2D eigenvalue weighted by atomic mass is 9.68. The standard InChI is InChI=1S/C16H18BrNOS/c17-14-6-5-13(20-14)15(19)16(10-18)8-7-11-3-1-2-4-12(11)9-16/h1-6,15,19H,7-10,18H2. The van der Waals surface area contributed by atoms with Crippen LogP contribution in [0.3, 0.4) is 0 Å². The summed E-state index contributed by atoms with van der Waals surface area (Å²) < 4.78 is 1.05. The number of aliphatic hydroxyl groups is 1. The van der Waals surface area contributed by atoms with Gasteiger partial charge in [-0.25, -0.2) is 0 Å². The maximum atomic E-state index is 10.8. The summed E-state index contributed by atoms with van der Waals surface area (Å²) in [6.07, 6.45) is 2.31. The third-order valence-electron chi connectivity index (χ3n) is 4.40. The van der Waals surface area contributed by atoms with Crippen LogP contribution in [0.1, 0.15) is 28.5 Å². The molecule has 0 aliphatic heterocycles. The van der Waals surface area contributed by atoms with E-state index in [9.17, 15) is 5.11 Å². The van der Waals surface area contributed by atoms with Crippen molar-refractivity contribution in [1.29, 1.82) is 0 Å². The second-order valence-electron chi connectivity index (χ2n) is 5.56. The zero-order valence-corrected chi connectivity index (χ0v) is 13.6. The molecule has 0 amide bonds. The molecule has 106 valence electrons. The fourth-order valence-corrected chi connectivity index (χ4v) is 4.67. The molecule has 1 aromatic carbocycles. The minimum atomic E-state index is -0.489. The predicted octanol–water partition coefficient (Wildman–Crippen LogP) is 3.68. The number of fused-ring (bicyclic) bond motifs is 1. The Morgan fingerprint density at radius 1 is 1.25 bits per heavy atom. The van der Waals surface area contributed by atoms with E-state index in [1.54, 1.807) is 11.3 Å². The number of thiophene rings is 1. The third-order valence-corrected chi connectivity index (χ3v) is 6.08. The van der Waals surface area contributed by atoms with E-state index in [0.29, 0.717) is 6.54 Å². The Hall–Kier alpha value is -0.680. The summed E-state index contributed by atoms with van der Waals surface area (Å²) in [7, 11) is 0. The molecule has 0 radical (unpaired) electrons. The van der Waals surface area contributed by atoms with E-state index in [2.05, 4.69) is 40.2 Å². The zero-order chi connectivity index (χ0) is 14.2. The molecule has 0 fully saturated rings. The maximum absolute atomic E-state index is 10.8. The van der Waals surface area contributed by atoms with Crippen LogP contribution in [0.5, 0.6) is 0 Å². The van der Waals surface area contributed by atoms with E-state index in [0.717, 1.165) is 27.9 Å². The highest BCUT2D eigenvalue weighted by Gasteiger charge is 2.40. The van der Waals surface area contributed by atoms with Gasteiger partial charge in [-0.05, 0) is 58.5 Å². The summed E-state index contributed by atoms with van der Waals surface area (Å²) in [5, 5.41) is 10.8. The van der Waals surface area contributed by atoms with Crippen molar-refractivity contribution in [3.63, 3.8) is 0 Å². The summed E-state index contributed by atoms with van der Waals surface area (Å²) in [5.74, 6) is 0. The molecule has 1 heterocycles. The van der Waals surface area contributed by atoms with Crippen molar-refractivity contribution in [1.82, 2.24) is 0 Å². The van der Waals surface area contributed by atoms with Gasteiger partial charge in [0.2, 0.25) is 0 Å². The van der Waals surface area contributed by atoms with E-state index in [1.165, 1.54) is 11.1 Å². The normalized spacial score (nSPS) is 23.4. The first-order chi connectivity index (χ1) is 9.64. The molecule has 0 saturated heterocycles. The van der Waals surface area contributed by atoms with Gasteiger partial charge < -0.3 is 10.8 Å². The molecule has 2 unspecified atom stereocenters. The molecule has 0 saturated carbocycles. The minimum absolute atomic E-state index is 0.237. The lowest BCUT2D eigenvalue weighted by Gasteiger charge is -2.40. The van der Waals surface area contributed by atoms with Crippen LogP contribution in [0.4, 0.5) is 0 Å². The first kappa shape index (κ1) is 14.3. The van der Waals surface area contributed by atoms with Crippen LogP contribution >= 0.6 is 27.3 Å². The van der Waals surface area contributed by atoms with Crippen molar-refractivity contribution in [2.24, 2.45) is 11.1 Å². The fraction of sp³-hybridized carbons (Fsp3) is 0.375. The van der Waals surface area contributed by atoms with E-state index in [1.807, 2.05) is 12.1 Å². The maximum Gasteiger partial charge on any atom is 0.0953 e. The molecule has 3 N–H and O–H groups in total. The molecule has 0 bridgehead atoms. The molecule has 1 aliphatic carbocycles. The SMILES string of the molecule is NCC1(C(O)c2ccc(Br)s2)CCc2ccccc2C1. The number of hydrogen-bond acceptors (Lipinski definition) is 3. The molecular weight excluding hydrogens is 334 g/mol. The highest BCUT2D eigenvalue weighted by Crippen LogP contribution is 2.46. The van der Waals surface area contributed by atoms with Gasteiger partial charge in [0.1, 0.15) is 0 Å². The average Bonchev–Trinajstić information content (AvgIpc) is 2.92. The summed E-state index contributed by atoms with van der Waals surface area (Å²) in [4.78, 5) is 1.00. The van der Waals surface area contributed by atoms with Crippen molar-refractivity contribution in [3.05, 3.63) is 56.2 Å². The average molecular weight is 352 g/mol.